The molecule has 166 valence electrons. The molecular weight excluding hydrogens is 402 g/mol. The monoisotopic (exact) mass is 431 g/mol. The summed E-state index contributed by atoms with van der Waals surface area (Å²) in [4.78, 5) is 44.7. The maximum absolute atomic E-state index is 13.2. The molecule has 3 aliphatic rings. The van der Waals surface area contributed by atoms with E-state index in [0.29, 0.717) is 29.8 Å². The smallest absolute Gasteiger partial charge is 0.261 e. The third-order valence-electron chi connectivity index (χ3n) is 7.04. The summed E-state index contributed by atoms with van der Waals surface area (Å²) in [6.45, 7) is 4.88. The number of hydrogen-bond acceptors (Lipinski definition) is 4. The molecule has 32 heavy (non-hydrogen) atoms. The van der Waals surface area contributed by atoms with Crippen molar-refractivity contribution in [2.75, 3.05) is 31.1 Å². The van der Waals surface area contributed by atoms with Gasteiger partial charge in [-0.1, -0.05) is 31.4 Å². The number of carbonyl (C=O) groups excluding carboxylic acids is 3. The van der Waals surface area contributed by atoms with E-state index in [-0.39, 0.29) is 23.8 Å². The van der Waals surface area contributed by atoms with Gasteiger partial charge in [0.15, 0.2) is 0 Å². The van der Waals surface area contributed by atoms with Gasteiger partial charge in [-0.2, -0.15) is 0 Å². The lowest BCUT2D eigenvalue weighted by molar-refractivity contribution is 0.0548. The van der Waals surface area contributed by atoms with Gasteiger partial charge in [0.1, 0.15) is 0 Å². The van der Waals surface area contributed by atoms with Crippen molar-refractivity contribution >= 4 is 23.4 Å². The van der Waals surface area contributed by atoms with Crippen LogP contribution >= 0.6 is 0 Å². The molecule has 0 N–H and O–H groups in total. The van der Waals surface area contributed by atoms with E-state index in [0.717, 1.165) is 45.2 Å². The fourth-order valence-corrected chi connectivity index (χ4v) is 5.24. The fourth-order valence-electron chi connectivity index (χ4n) is 5.24. The van der Waals surface area contributed by atoms with Crippen LogP contribution in [0.2, 0.25) is 0 Å². The van der Waals surface area contributed by atoms with Gasteiger partial charge in [0.05, 0.1) is 11.1 Å². The lowest BCUT2D eigenvalue weighted by atomic mass is 9.94. The minimum absolute atomic E-state index is 0.00926. The van der Waals surface area contributed by atoms with Crippen LogP contribution in [0.5, 0.6) is 0 Å². The second kappa shape index (κ2) is 8.41. The highest BCUT2D eigenvalue weighted by Gasteiger charge is 2.40. The number of hydrogen-bond donors (Lipinski definition) is 0. The molecule has 3 amide bonds. The Morgan fingerprint density at radius 1 is 0.844 bits per heavy atom. The van der Waals surface area contributed by atoms with E-state index in [1.54, 1.807) is 18.2 Å². The van der Waals surface area contributed by atoms with Gasteiger partial charge < -0.3 is 9.80 Å². The Labute approximate surface area is 188 Å². The normalized spacial score (nSPS) is 19.5. The van der Waals surface area contributed by atoms with E-state index in [1.807, 2.05) is 4.90 Å². The molecule has 0 bridgehead atoms. The van der Waals surface area contributed by atoms with E-state index in [9.17, 15) is 14.4 Å². The van der Waals surface area contributed by atoms with Gasteiger partial charge in [0.25, 0.3) is 17.7 Å². The van der Waals surface area contributed by atoms with Crippen LogP contribution in [-0.2, 0) is 0 Å². The quantitative estimate of drug-likeness (QED) is 0.692. The van der Waals surface area contributed by atoms with Crippen LogP contribution in [-0.4, -0.2) is 59.7 Å². The number of rotatable bonds is 3. The number of fused-ring (bicyclic) bond motifs is 1. The minimum Gasteiger partial charge on any atom is -0.368 e. The van der Waals surface area contributed by atoms with Gasteiger partial charge in [0.2, 0.25) is 0 Å². The molecule has 1 aliphatic carbocycles. The highest BCUT2D eigenvalue weighted by molar-refractivity contribution is 6.22. The van der Waals surface area contributed by atoms with Crippen molar-refractivity contribution in [2.24, 2.45) is 0 Å². The number of carbonyl (C=O) groups is 3. The molecule has 1 saturated carbocycles. The van der Waals surface area contributed by atoms with Crippen LogP contribution in [0.25, 0.3) is 0 Å². The maximum atomic E-state index is 13.2. The largest absolute Gasteiger partial charge is 0.368 e. The molecule has 6 nitrogen and oxygen atoms in total. The molecule has 6 heteroatoms. The zero-order chi connectivity index (χ0) is 22.2. The number of nitrogens with zero attached hydrogens (tertiary/aromatic N) is 3. The topological polar surface area (TPSA) is 60.9 Å². The summed E-state index contributed by atoms with van der Waals surface area (Å²) >= 11 is 0. The molecule has 1 saturated heterocycles. The summed E-state index contributed by atoms with van der Waals surface area (Å²) in [7, 11) is 0. The molecule has 0 spiro atoms. The summed E-state index contributed by atoms with van der Waals surface area (Å²) in [5.74, 6) is -0.522. The lowest BCUT2D eigenvalue weighted by Gasteiger charge is -2.36. The van der Waals surface area contributed by atoms with E-state index in [2.05, 4.69) is 36.1 Å². The van der Waals surface area contributed by atoms with Gasteiger partial charge >= 0.3 is 0 Å². The number of benzene rings is 2. The highest BCUT2D eigenvalue weighted by atomic mass is 16.2. The third-order valence-corrected chi connectivity index (χ3v) is 7.04. The van der Waals surface area contributed by atoms with Crippen LogP contribution in [0, 0.1) is 6.92 Å². The zero-order valence-electron chi connectivity index (χ0n) is 18.5. The Hall–Kier alpha value is -3.15. The molecule has 0 radical (unpaired) electrons. The SMILES string of the molecule is Cc1cccc(N2CCN(C(=O)c3ccc4c(c3)C(=O)N(C3CCCCC3)C4=O)CC2)c1. The first-order valence-electron chi connectivity index (χ1n) is 11.7. The van der Waals surface area contributed by atoms with Crippen molar-refractivity contribution in [3.8, 4) is 0 Å². The molecule has 2 aromatic carbocycles. The first kappa shape index (κ1) is 20.7. The minimum atomic E-state index is -0.240. The molecule has 0 aromatic heterocycles. The standard InChI is InChI=1S/C26H29N3O3/c1-18-6-5-9-21(16-18)27-12-14-28(15-13-27)24(30)19-10-11-22-23(17-19)26(32)29(25(22)31)20-7-3-2-4-8-20/h5-6,9-11,16-17,20H,2-4,7-8,12-15H2,1H3. The molecular formula is C26H29N3O3. The Kier molecular flexibility index (Phi) is 5.45. The van der Waals surface area contributed by atoms with E-state index >= 15 is 0 Å². The summed E-state index contributed by atoms with van der Waals surface area (Å²) in [5.41, 5.74) is 3.70. The average Bonchev–Trinajstić information content (AvgIpc) is 3.08. The summed E-state index contributed by atoms with van der Waals surface area (Å²) in [6.07, 6.45) is 5.02. The van der Waals surface area contributed by atoms with Crippen molar-refractivity contribution in [2.45, 2.75) is 45.1 Å². The molecule has 0 unspecified atom stereocenters. The Bertz CT molecular complexity index is 1070. The van der Waals surface area contributed by atoms with Gasteiger partial charge in [-0.15, -0.1) is 0 Å². The van der Waals surface area contributed by atoms with E-state index < -0.39 is 0 Å². The summed E-state index contributed by atoms with van der Waals surface area (Å²) < 4.78 is 0. The molecule has 2 heterocycles. The summed E-state index contributed by atoms with van der Waals surface area (Å²) in [6, 6.07) is 13.4. The number of piperazine rings is 1. The predicted octanol–water partition coefficient (Wildman–Crippen LogP) is 3.89. The number of aryl methyl sites for hydroxylation is 1. The maximum Gasteiger partial charge on any atom is 0.261 e. The average molecular weight is 432 g/mol. The van der Waals surface area contributed by atoms with Crippen LogP contribution in [0.3, 0.4) is 0 Å². The Morgan fingerprint density at radius 2 is 1.56 bits per heavy atom. The molecule has 2 aromatic rings. The second-order valence-electron chi connectivity index (χ2n) is 9.15. The molecule has 2 fully saturated rings. The predicted molar refractivity (Wildman–Crippen MR) is 123 cm³/mol. The van der Waals surface area contributed by atoms with Gasteiger partial charge in [0, 0.05) is 43.5 Å². The highest BCUT2D eigenvalue weighted by Crippen LogP contribution is 2.31. The zero-order valence-corrected chi connectivity index (χ0v) is 18.5. The van der Waals surface area contributed by atoms with Crippen molar-refractivity contribution in [3.05, 3.63) is 64.7 Å². The van der Waals surface area contributed by atoms with Gasteiger partial charge in [-0.25, -0.2) is 0 Å². The third kappa shape index (κ3) is 3.68. The van der Waals surface area contributed by atoms with E-state index in [4.69, 9.17) is 0 Å². The van der Waals surface area contributed by atoms with E-state index in [1.165, 1.54) is 16.2 Å². The van der Waals surface area contributed by atoms with Crippen molar-refractivity contribution < 1.29 is 14.4 Å². The Morgan fingerprint density at radius 3 is 2.28 bits per heavy atom. The van der Waals surface area contributed by atoms with Crippen LogP contribution in [0.4, 0.5) is 5.69 Å². The van der Waals surface area contributed by atoms with Gasteiger partial charge in [-0.3, -0.25) is 19.3 Å². The molecule has 2 aliphatic heterocycles. The molecule has 0 atom stereocenters. The van der Waals surface area contributed by atoms with Crippen LogP contribution in [0.15, 0.2) is 42.5 Å². The fraction of sp³-hybridized carbons (Fsp3) is 0.423. The van der Waals surface area contributed by atoms with Crippen LogP contribution in [0.1, 0.15) is 68.7 Å². The first-order valence-corrected chi connectivity index (χ1v) is 11.7. The van der Waals surface area contributed by atoms with Crippen molar-refractivity contribution in [1.29, 1.82) is 0 Å². The Balaban J connectivity index is 1.29. The number of amides is 3. The lowest BCUT2D eigenvalue weighted by Crippen LogP contribution is -2.48. The summed E-state index contributed by atoms with van der Waals surface area (Å²) in [5, 5.41) is 0. The number of imide groups is 1. The van der Waals surface area contributed by atoms with Crippen LogP contribution < -0.4 is 4.90 Å². The number of anilines is 1. The molecule has 5 rings (SSSR count). The second-order valence-corrected chi connectivity index (χ2v) is 9.15. The first-order chi connectivity index (χ1) is 15.5. The van der Waals surface area contributed by atoms with Crippen molar-refractivity contribution in [1.82, 2.24) is 9.80 Å². The van der Waals surface area contributed by atoms with Crippen molar-refractivity contribution in [3.63, 3.8) is 0 Å². The van der Waals surface area contributed by atoms with Gasteiger partial charge in [-0.05, 0) is 55.7 Å².